The van der Waals surface area contributed by atoms with Crippen LogP contribution in [0.5, 0.6) is 0 Å². The first-order chi connectivity index (χ1) is 19.9. The number of fused-ring (bicyclic) bond motifs is 2. The van der Waals surface area contributed by atoms with E-state index in [2.05, 4.69) is 0 Å². The van der Waals surface area contributed by atoms with E-state index >= 15 is 17.6 Å². The van der Waals surface area contributed by atoms with Gasteiger partial charge in [0.05, 0.1) is 24.3 Å². The van der Waals surface area contributed by atoms with Gasteiger partial charge in [0.1, 0.15) is 10.0 Å². The molecule has 2 aliphatic carbocycles. The average molecular weight is 633 g/mol. The maximum atomic E-state index is 15.1. The molecule has 0 aliphatic heterocycles. The van der Waals surface area contributed by atoms with Crippen molar-refractivity contribution in [3.05, 3.63) is 32.0 Å². The van der Waals surface area contributed by atoms with Crippen LogP contribution in [-0.2, 0) is 44.7 Å². The zero-order chi connectivity index (χ0) is 30.7. The first kappa shape index (κ1) is 31.9. The van der Waals surface area contributed by atoms with Gasteiger partial charge in [-0.05, 0) is 75.3 Å². The Labute approximate surface area is 248 Å². The minimum Gasteiger partial charge on any atom is -0.462 e. The van der Waals surface area contributed by atoms with E-state index in [-0.39, 0.29) is 34.3 Å². The third-order valence-electron chi connectivity index (χ3n) is 7.04. The van der Waals surface area contributed by atoms with E-state index in [4.69, 9.17) is 9.47 Å². The van der Waals surface area contributed by atoms with E-state index < -0.39 is 35.6 Å². The maximum absolute atomic E-state index is 15.1. The molecule has 0 radical (unpaired) electrons. The third kappa shape index (κ3) is 6.19. The number of esters is 2. The van der Waals surface area contributed by atoms with Crippen molar-refractivity contribution in [1.29, 1.82) is 0 Å². The Hall–Kier alpha value is -3.00. The van der Waals surface area contributed by atoms with Crippen molar-refractivity contribution in [2.75, 3.05) is 23.8 Å². The molecule has 2 heterocycles. The molecule has 42 heavy (non-hydrogen) atoms. The summed E-state index contributed by atoms with van der Waals surface area (Å²) < 4.78 is 70.6. The number of rotatable bonds is 11. The molecule has 0 unspecified atom stereocenters. The van der Waals surface area contributed by atoms with E-state index in [9.17, 15) is 19.2 Å². The molecule has 0 saturated heterocycles. The number of carbonyl (C=O) groups excluding carboxylic acids is 4. The van der Waals surface area contributed by atoms with Crippen LogP contribution < -0.4 is 10.6 Å². The third-order valence-corrected chi connectivity index (χ3v) is 9.46. The fourth-order valence-corrected chi connectivity index (χ4v) is 7.47. The summed E-state index contributed by atoms with van der Waals surface area (Å²) >= 11 is 1.71. The SMILES string of the molecule is CCCOC(=O)c1c(NC(=O)C(F)(F)C(F)(F)C(=O)Nc2sc3c(c2C(=O)OCCC)CCCC3)sc2c1CCCC2. The highest BCUT2D eigenvalue weighted by Gasteiger charge is 2.67. The number of carbonyl (C=O) groups is 4. The van der Waals surface area contributed by atoms with Crippen LogP contribution in [0.15, 0.2) is 0 Å². The van der Waals surface area contributed by atoms with Crippen molar-refractivity contribution in [2.24, 2.45) is 0 Å². The minimum absolute atomic E-state index is 0.0470. The number of aryl methyl sites for hydroxylation is 2. The Morgan fingerprint density at radius 1 is 0.667 bits per heavy atom. The smallest absolute Gasteiger partial charge is 0.396 e. The van der Waals surface area contributed by atoms with Crippen LogP contribution in [0, 0.1) is 0 Å². The number of halogens is 4. The van der Waals surface area contributed by atoms with Gasteiger partial charge in [-0.2, -0.15) is 17.6 Å². The van der Waals surface area contributed by atoms with Crippen molar-refractivity contribution in [3.8, 4) is 0 Å². The molecule has 0 spiro atoms. The Kier molecular flexibility index (Phi) is 9.96. The summed E-state index contributed by atoms with van der Waals surface area (Å²) in [6.07, 6.45) is 5.94. The van der Waals surface area contributed by atoms with Gasteiger partial charge in [-0.25, -0.2) is 9.59 Å². The Morgan fingerprint density at radius 3 is 1.38 bits per heavy atom. The van der Waals surface area contributed by atoms with Gasteiger partial charge in [0.15, 0.2) is 0 Å². The standard InChI is InChI=1S/C28H32F4N2O6S2/c1-3-13-39-23(35)19-15-9-5-7-11-17(15)41-21(19)33-25(37)27(29,30)28(31,32)26(38)34-22-20(24(36)40-14-4-2)16-10-6-8-12-18(16)42-22/h3-14H2,1-2H3,(H,33,37)(H,34,38). The van der Waals surface area contributed by atoms with Crippen LogP contribution >= 0.6 is 22.7 Å². The summed E-state index contributed by atoms with van der Waals surface area (Å²) in [6.45, 7) is 3.61. The second-order valence-corrected chi connectivity index (χ2v) is 12.4. The van der Waals surface area contributed by atoms with Gasteiger partial charge in [-0.3, -0.25) is 9.59 Å². The summed E-state index contributed by atoms with van der Waals surface area (Å²) in [4.78, 5) is 52.1. The number of ether oxygens (including phenoxy) is 2. The van der Waals surface area contributed by atoms with Crippen molar-refractivity contribution in [1.82, 2.24) is 0 Å². The predicted octanol–water partition coefficient (Wildman–Crippen LogP) is 6.55. The molecule has 2 aliphatic rings. The maximum Gasteiger partial charge on any atom is 0.396 e. The quantitative estimate of drug-likeness (QED) is 0.215. The first-order valence-electron chi connectivity index (χ1n) is 14.0. The molecule has 8 nitrogen and oxygen atoms in total. The number of nitrogens with one attached hydrogen (secondary N) is 2. The summed E-state index contributed by atoms with van der Waals surface area (Å²) in [5.41, 5.74) is 0.832. The van der Waals surface area contributed by atoms with Crippen molar-refractivity contribution < 1.29 is 46.2 Å². The Balaban J connectivity index is 1.58. The first-order valence-corrected chi connectivity index (χ1v) is 15.6. The average Bonchev–Trinajstić information content (AvgIpc) is 3.51. The highest BCUT2D eigenvalue weighted by atomic mass is 32.1. The Morgan fingerprint density at radius 2 is 1.02 bits per heavy atom. The summed E-state index contributed by atoms with van der Waals surface area (Å²) in [6, 6.07) is 0. The molecule has 2 N–H and O–H groups in total. The Bertz CT molecular complexity index is 1270. The van der Waals surface area contributed by atoms with Crippen LogP contribution in [-0.4, -0.2) is 48.8 Å². The second-order valence-electron chi connectivity index (χ2n) is 10.2. The molecule has 0 bridgehead atoms. The van der Waals surface area contributed by atoms with Crippen molar-refractivity contribution >= 4 is 56.4 Å². The summed E-state index contributed by atoms with van der Waals surface area (Å²) in [5.74, 6) is -17.6. The van der Waals surface area contributed by atoms with Gasteiger partial charge in [0, 0.05) is 9.75 Å². The molecule has 14 heteroatoms. The summed E-state index contributed by atoms with van der Waals surface area (Å²) in [5, 5.41) is 2.91. The molecule has 0 fully saturated rings. The minimum atomic E-state index is -5.51. The zero-order valence-electron chi connectivity index (χ0n) is 23.3. The molecule has 0 aromatic carbocycles. The molecule has 2 aromatic rings. The number of alkyl halides is 4. The van der Waals surface area contributed by atoms with E-state index in [0.29, 0.717) is 59.4 Å². The lowest BCUT2D eigenvalue weighted by molar-refractivity contribution is -0.204. The van der Waals surface area contributed by atoms with Gasteiger partial charge in [-0.1, -0.05) is 13.8 Å². The van der Waals surface area contributed by atoms with Crippen LogP contribution in [0.4, 0.5) is 27.6 Å². The van der Waals surface area contributed by atoms with E-state index in [1.54, 1.807) is 24.5 Å². The number of hydrogen-bond acceptors (Lipinski definition) is 8. The van der Waals surface area contributed by atoms with Gasteiger partial charge in [-0.15, -0.1) is 22.7 Å². The molecule has 2 aromatic heterocycles. The van der Waals surface area contributed by atoms with E-state index in [0.717, 1.165) is 48.4 Å². The number of thiophene rings is 2. The molecule has 0 atom stereocenters. The highest BCUT2D eigenvalue weighted by molar-refractivity contribution is 7.17. The number of hydrogen-bond donors (Lipinski definition) is 2. The molecular weight excluding hydrogens is 600 g/mol. The second kappa shape index (κ2) is 13.1. The fraction of sp³-hybridized carbons (Fsp3) is 0.571. The monoisotopic (exact) mass is 632 g/mol. The molecular formula is C28H32F4N2O6S2. The van der Waals surface area contributed by atoms with Crippen LogP contribution in [0.3, 0.4) is 0 Å². The number of amides is 2. The predicted molar refractivity (Wildman–Crippen MR) is 150 cm³/mol. The zero-order valence-corrected chi connectivity index (χ0v) is 24.9. The molecule has 4 rings (SSSR count). The summed E-state index contributed by atoms with van der Waals surface area (Å²) in [7, 11) is 0. The van der Waals surface area contributed by atoms with Gasteiger partial charge < -0.3 is 20.1 Å². The van der Waals surface area contributed by atoms with Crippen LogP contribution in [0.2, 0.25) is 0 Å². The lowest BCUT2D eigenvalue weighted by Crippen LogP contribution is -2.56. The highest BCUT2D eigenvalue weighted by Crippen LogP contribution is 2.43. The lowest BCUT2D eigenvalue weighted by Gasteiger charge is -2.24. The van der Waals surface area contributed by atoms with Gasteiger partial charge in [0.2, 0.25) is 0 Å². The normalized spacial score (nSPS) is 14.9. The van der Waals surface area contributed by atoms with Crippen molar-refractivity contribution in [2.45, 2.75) is 89.9 Å². The van der Waals surface area contributed by atoms with Gasteiger partial charge >= 0.3 is 35.6 Å². The van der Waals surface area contributed by atoms with Gasteiger partial charge in [0.25, 0.3) is 0 Å². The lowest BCUT2D eigenvalue weighted by atomic mass is 9.95. The fourth-order valence-electron chi connectivity index (χ4n) is 4.92. The van der Waals surface area contributed by atoms with Crippen molar-refractivity contribution in [3.63, 3.8) is 0 Å². The molecule has 0 saturated carbocycles. The largest absolute Gasteiger partial charge is 0.462 e. The van der Waals surface area contributed by atoms with Crippen LogP contribution in [0.1, 0.15) is 94.0 Å². The van der Waals surface area contributed by atoms with Crippen LogP contribution in [0.25, 0.3) is 0 Å². The van der Waals surface area contributed by atoms with E-state index in [1.807, 2.05) is 0 Å². The van der Waals surface area contributed by atoms with E-state index in [1.165, 1.54) is 0 Å². The topological polar surface area (TPSA) is 111 Å². The molecule has 230 valence electrons. The number of anilines is 2. The molecule has 2 amide bonds.